The van der Waals surface area contributed by atoms with Gasteiger partial charge < -0.3 is 5.73 Å². The van der Waals surface area contributed by atoms with Crippen molar-refractivity contribution in [3.8, 4) is 12.1 Å². The molecule has 1 aromatic carbocycles. The minimum atomic E-state index is -1.43. The van der Waals surface area contributed by atoms with E-state index >= 15 is 0 Å². The Morgan fingerprint density at radius 2 is 2.06 bits per heavy atom. The standard InChI is InChI=1S/C12H8ClN3O/c13-9-4-2-1-3-7(9)10-8(5-14)12(10,6-15)11(16)17/h1-4,8,10H,(H2,16,17)/t8-,10-,12+/m1/s1. The Balaban J connectivity index is 2.51. The van der Waals surface area contributed by atoms with E-state index in [0.717, 1.165) is 0 Å². The SMILES string of the molecule is N#C[C@@H]1[C@@H](c2ccccc2Cl)[C@@]1(C#N)C(N)=O. The van der Waals surface area contributed by atoms with E-state index in [0.29, 0.717) is 10.6 Å². The van der Waals surface area contributed by atoms with Crippen LogP contribution in [0.1, 0.15) is 11.5 Å². The zero-order valence-corrected chi connectivity index (χ0v) is 9.48. The third-order valence-electron chi connectivity index (χ3n) is 3.18. The summed E-state index contributed by atoms with van der Waals surface area (Å²) in [5.74, 6) is -2.01. The minimum Gasteiger partial charge on any atom is -0.368 e. The van der Waals surface area contributed by atoms with Crippen LogP contribution in [-0.2, 0) is 4.79 Å². The monoisotopic (exact) mass is 245 g/mol. The van der Waals surface area contributed by atoms with Crippen LogP contribution in [0.5, 0.6) is 0 Å². The molecule has 0 aliphatic heterocycles. The van der Waals surface area contributed by atoms with E-state index in [1.807, 2.05) is 12.1 Å². The van der Waals surface area contributed by atoms with E-state index in [9.17, 15) is 4.79 Å². The lowest BCUT2D eigenvalue weighted by molar-refractivity contribution is -0.121. The molecule has 2 N–H and O–H groups in total. The van der Waals surface area contributed by atoms with Crippen molar-refractivity contribution in [2.24, 2.45) is 17.1 Å². The van der Waals surface area contributed by atoms with Gasteiger partial charge in [0.15, 0.2) is 5.41 Å². The number of nitriles is 2. The molecule has 0 unspecified atom stereocenters. The van der Waals surface area contributed by atoms with Gasteiger partial charge in [-0.05, 0) is 11.6 Å². The lowest BCUT2D eigenvalue weighted by Gasteiger charge is -2.04. The van der Waals surface area contributed by atoms with E-state index in [1.165, 1.54) is 0 Å². The highest BCUT2D eigenvalue weighted by Gasteiger charge is 2.71. The van der Waals surface area contributed by atoms with Crippen LogP contribution in [0.4, 0.5) is 0 Å². The molecule has 3 atom stereocenters. The molecule has 0 heterocycles. The molecule has 1 saturated carbocycles. The molecular formula is C12H8ClN3O. The number of primary amides is 1. The number of hydrogen-bond donors (Lipinski definition) is 1. The maximum Gasteiger partial charge on any atom is 0.239 e. The quantitative estimate of drug-likeness (QED) is 0.857. The lowest BCUT2D eigenvalue weighted by atomic mass is 10.00. The number of amides is 1. The fourth-order valence-corrected chi connectivity index (χ4v) is 2.47. The highest BCUT2D eigenvalue weighted by Crippen LogP contribution is 2.65. The zero-order valence-electron chi connectivity index (χ0n) is 8.72. The third kappa shape index (κ3) is 1.39. The molecule has 0 aromatic heterocycles. The highest BCUT2D eigenvalue weighted by molar-refractivity contribution is 6.31. The molecule has 2 rings (SSSR count). The topological polar surface area (TPSA) is 90.7 Å². The summed E-state index contributed by atoms with van der Waals surface area (Å²) in [6.45, 7) is 0. The van der Waals surface area contributed by atoms with Crippen molar-refractivity contribution in [1.82, 2.24) is 0 Å². The van der Waals surface area contributed by atoms with Crippen LogP contribution in [-0.4, -0.2) is 5.91 Å². The van der Waals surface area contributed by atoms with Crippen LogP contribution in [0.2, 0.25) is 5.02 Å². The summed E-state index contributed by atoms with van der Waals surface area (Å²) in [7, 11) is 0. The van der Waals surface area contributed by atoms with Crippen LogP contribution in [0.3, 0.4) is 0 Å². The Hall–Kier alpha value is -2.04. The van der Waals surface area contributed by atoms with Crippen LogP contribution >= 0.6 is 11.6 Å². The molecule has 0 spiro atoms. The van der Waals surface area contributed by atoms with Crippen molar-refractivity contribution >= 4 is 17.5 Å². The average Bonchev–Trinajstić information content (AvgIpc) is 2.98. The van der Waals surface area contributed by atoms with Crippen LogP contribution in [0.25, 0.3) is 0 Å². The first-order valence-electron chi connectivity index (χ1n) is 4.94. The van der Waals surface area contributed by atoms with Gasteiger partial charge in [-0.1, -0.05) is 29.8 Å². The number of hydrogen-bond acceptors (Lipinski definition) is 3. The number of carbonyl (C=O) groups excluding carboxylic acids is 1. The summed E-state index contributed by atoms with van der Waals surface area (Å²) >= 11 is 6.00. The predicted molar refractivity (Wildman–Crippen MR) is 60.5 cm³/mol. The molecule has 17 heavy (non-hydrogen) atoms. The van der Waals surface area contributed by atoms with Crippen molar-refractivity contribution in [2.45, 2.75) is 5.92 Å². The van der Waals surface area contributed by atoms with Gasteiger partial charge in [0.05, 0.1) is 18.1 Å². The number of halogens is 1. The molecular weight excluding hydrogens is 238 g/mol. The molecule has 0 bridgehead atoms. The second kappa shape index (κ2) is 3.76. The van der Waals surface area contributed by atoms with Gasteiger partial charge in [0.25, 0.3) is 0 Å². The molecule has 4 nitrogen and oxygen atoms in total. The van der Waals surface area contributed by atoms with E-state index in [-0.39, 0.29) is 0 Å². The largest absolute Gasteiger partial charge is 0.368 e. The number of carbonyl (C=O) groups is 1. The maximum atomic E-state index is 11.4. The fraction of sp³-hybridized carbons (Fsp3) is 0.250. The number of rotatable bonds is 2. The van der Waals surface area contributed by atoms with Gasteiger partial charge >= 0.3 is 0 Å². The number of benzene rings is 1. The van der Waals surface area contributed by atoms with Gasteiger partial charge in [0.2, 0.25) is 5.91 Å². The number of nitrogens with two attached hydrogens (primary N) is 1. The van der Waals surface area contributed by atoms with Crippen molar-refractivity contribution in [2.75, 3.05) is 0 Å². The molecule has 0 saturated heterocycles. The first kappa shape index (κ1) is 11.4. The molecule has 1 aliphatic carbocycles. The van der Waals surface area contributed by atoms with Crippen LogP contribution in [0, 0.1) is 34.0 Å². The highest BCUT2D eigenvalue weighted by atomic mass is 35.5. The molecule has 1 fully saturated rings. The Morgan fingerprint density at radius 3 is 2.47 bits per heavy atom. The summed E-state index contributed by atoms with van der Waals surface area (Å²) in [5.41, 5.74) is 4.43. The zero-order chi connectivity index (χ0) is 12.6. The molecule has 1 amide bonds. The van der Waals surface area contributed by atoms with Crippen molar-refractivity contribution < 1.29 is 4.79 Å². The fourth-order valence-electron chi connectivity index (χ4n) is 2.22. The second-order valence-electron chi connectivity index (χ2n) is 3.95. The molecule has 84 valence electrons. The van der Waals surface area contributed by atoms with Crippen LogP contribution < -0.4 is 5.73 Å². The average molecular weight is 246 g/mol. The Morgan fingerprint density at radius 1 is 1.41 bits per heavy atom. The van der Waals surface area contributed by atoms with Crippen LogP contribution in [0.15, 0.2) is 24.3 Å². The third-order valence-corrected chi connectivity index (χ3v) is 3.52. The van der Waals surface area contributed by atoms with E-state index in [4.69, 9.17) is 27.9 Å². The van der Waals surface area contributed by atoms with Gasteiger partial charge in [-0.2, -0.15) is 10.5 Å². The van der Waals surface area contributed by atoms with Gasteiger partial charge in [0.1, 0.15) is 0 Å². The Labute approximate surface area is 103 Å². The smallest absolute Gasteiger partial charge is 0.239 e. The lowest BCUT2D eigenvalue weighted by Crippen LogP contribution is -2.26. The van der Waals surface area contributed by atoms with Gasteiger partial charge in [-0.3, -0.25) is 4.79 Å². The molecule has 1 aromatic rings. The molecule has 1 aliphatic rings. The minimum absolute atomic E-state index is 0.441. The summed E-state index contributed by atoms with van der Waals surface area (Å²) in [5, 5.41) is 18.5. The van der Waals surface area contributed by atoms with E-state index in [2.05, 4.69) is 0 Å². The first-order chi connectivity index (χ1) is 8.09. The summed E-state index contributed by atoms with van der Waals surface area (Å²) < 4.78 is 0. The summed E-state index contributed by atoms with van der Waals surface area (Å²) in [6.07, 6.45) is 0. The van der Waals surface area contributed by atoms with Gasteiger partial charge in [-0.25, -0.2) is 0 Å². The maximum absolute atomic E-state index is 11.4. The summed E-state index contributed by atoms with van der Waals surface area (Å²) in [6, 6.07) is 10.7. The van der Waals surface area contributed by atoms with Gasteiger partial charge in [0, 0.05) is 10.9 Å². The predicted octanol–water partition coefficient (Wildman–Crippen LogP) is 1.57. The van der Waals surface area contributed by atoms with E-state index < -0.39 is 23.2 Å². The molecule has 5 heteroatoms. The second-order valence-corrected chi connectivity index (χ2v) is 4.36. The normalized spacial score (nSPS) is 30.1. The first-order valence-corrected chi connectivity index (χ1v) is 5.32. The Bertz CT molecular complexity index is 572. The molecule has 0 radical (unpaired) electrons. The number of nitrogens with zero attached hydrogens (tertiary/aromatic N) is 2. The summed E-state index contributed by atoms with van der Waals surface area (Å²) in [4.78, 5) is 11.4. The van der Waals surface area contributed by atoms with Crippen molar-refractivity contribution in [3.05, 3.63) is 34.9 Å². The van der Waals surface area contributed by atoms with Crippen molar-refractivity contribution in [3.63, 3.8) is 0 Å². The van der Waals surface area contributed by atoms with E-state index in [1.54, 1.807) is 24.3 Å². The van der Waals surface area contributed by atoms with Crippen molar-refractivity contribution in [1.29, 1.82) is 10.5 Å². The van der Waals surface area contributed by atoms with Gasteiger partial charge in [-0.15, -0.1) is 0 Å². The Kier molecular flexibility index (Phi) is 2.53.